The minimum Gasteiger partial charge on any atom is -0.457 e. The Labute approximate surface area is 203 Å². The van der Waals surface area contributed by atoms with E-state index in [9.17, 15) is 4.79 Å². The van der Waals surface area contributed by atoms with Crippen LogP contribution in [0.2, 0.25) is 0 Å². The fraction of sp³-hybridized carbons (Fsp3) is 0.222. The van der Waals surface area contributed by atoms with Gasteiger partial charge in [-0.15, -0.1) is 0 Å². The summed E-state index contributed by atoms with van der Waals surface area (Å²) >= 11 is 0. The fourth-order valence-corrected chi connectivity index (χ4v) is 3.88. The van der Waals surface area contributed by atoms with E-state index in [-0.39, 0.29) is 6.61 Å². The van der Waals surface area contributed by atoms with Gasteiger partial charge in [-0.05, 0) is 73.2 Å². The largest absolute Gasteiger partial charge is 0.457 e. The molecule has 1 aliphatic rings. The molecule has 8 heteroatoms. The first-order valence-corrected chi connectivity index (χ1v) is 11.6. The van der Waals surface area contributed by atoms with Crippen molar-refractivity contribution in [3.63, 3.8) is 0 Å². The molecule has 3 N–H and O–H groups in total. The fourth-order valence-electron chi connectivity index (χ4n) is 3.88. The van der Waals surface area contributed by atoms with Crippen LogP contribution in [0.4, 0.5) is 16.3 Å². The number of primary amides is 1. The number of aromatic nitrogens is 3. The number of hydrogen-bond donors (Lipinski definition) is 2. The lowest BCUT2D eigenvalue weighted by Gasteiger charge is -2.13. The van der Waals surface area contributed by atoms with Crippen molar-refractivity contribution in [3.8, 4) is 11.5 Å². The van der Waals surface area contributed by atoms with Crippen LogP contribution in [0.1, 0.15) is 24.0 Å². The maximum Gasteiger partial charge on any atom is 0.404 e. The van der Waals surface area contributed by atoms with Gasteiger partial charge < -0.3 is 25.1 Å². The molecule has 1 amide bonds. The summed E-state index contributed by atoms with van der Waals surface area (Å²) in [6, 6.07) is 15.9. The molecule has 4 aromatic rings. The van der Waals surface area contributed by atoms with E-state index in [0.717, 1.165) is 45.3 Å². The molecule has 8 nitrogen and oxygen atoms in total. The Kier molecular flexibility index (Phi) is 6.34. The Morgan fingerprint density at radius 2 is 2.09 bits per heavy atom. The van der Waals surface area contributed by atoms with Crippen molar-refractivity contribution in [2.75, 3.05) is 11.9 Å². The SMILES string of the molecule is Cc1cc(Nc2ncnc3ccn(CCOC(N)=O)c23)ccc1Oc1cccc(/C=C/C2CC2)c1. The van der Waals surface area contributed by atoms with Crippen molar-refractivity contribution in [2.24, 2.45) is 11.7 Å². The Morgan fingerprint density at radius 3 is 2.89 bits per heavy atom. The molecular formula is C27H27N5O3. The second kappa shape index (κ2) is 9.89. The summed E-state index contributed by atoms with van der Waals surface area (Å²) in [6.07, 6.45) is 9.63. The van der Waals surface area contributed by atoms with Gasteiger partial charge >= 0.3 is 6.09 Å². The zero-order chi connectivity index (χ0) is 24.2. The number of hydrogen-bond acceptors (Lipinski definition) is 6. The molecular weight excluding hydrogens is 442 g/mol. The number of ether oxygens (including phenoxy) is 2. The number of benzene rings is 2. The highest BCUT2D eigenvalue weighted by molar-refractivity contribution is 5.88. The predicted octanol–water partition coefficient (Wildman–Crippen LogP) is 5.79. The lowest BCUT2D eigenvalue weighted by Crippen LogP contribution is -2.16. The maximum absolute atomic E-state index is 10.9. The number of nitrogens with two attached hydrogens (primary N) is 1. The number of rotatable bonds is 9. The highest BCUT2D eigenvalue weighted by Gasteiger charge is 2.17. The van der Waals surface area contributed by atoms with Gasteiger partial charge in [0.05, 0.1) is 12.1 Å². The minimum atomic E-state index is -0.796. The van der Waals surface area contributed by atoms with E-state index in [0.29, 0.717) is 12.4 Å². The molecule has 2 aromatic carbocycles. The van der Waals surface area contributed by atoms with E-state index in [1.165, 1.54) is 19.2 Å². The standard InChI is InChI=1S/C27H27N5O3/c1-18-15-21(9-10-24(18)35-22-4-2-3-20(16-22)8-7-19-5-6-19)31-26-25-23(29-17-30-26)11-12-32(25)13-14-34-27(28)33/h2-4,7-12,15-17,19H,5-6,13-14H2,1H3,(H2,28,33)(H,29,30,31)/b8-7+. The minimum absolute atomic E-state index is 0.163. The first-order chi connectivity index (χ1) is 17.0. The predicted molar refractivity (Wildman–Crippen MR) is 136 cm³/mol. The van der Waals surface area contributed by atoms with Gasteiger partial charge in [0.25, 0.3) is 0 Å². The summed E-state index contributed by atoms with van der Waals surface area (Å²) in [4.78, 5) is 19.6. The highest BCUT2D eigenvalue weighted by atomic mass is 16.5. The summed E-state index contributed by atoms with van der Waals surface area (Å²) in [5, 5.41) is 3.38. The van der Waals surface area contributed by atoms with Gasteiger partial charge in [0.15, 0.2) is 5.82 Å². The topological polar surface area (TPSA) is 104 Å². The van der Waals surface area contributed by atoms with Crippen molar-refractivity contribution in [1.82, 2.24) is 14.5 Å². The molecule has 1 aliphatic carbocycles. The Morgan fingerprint density at radius 1 is 1.20 bits per heavy atom. The van der Waals surface area contributed by atoms with Crippen LogP contribution < -0.4 is 15.8 Å². The molecule has 2 aromatic heterocycles. The number of fused-ring (bicyclic) bond motifs is 1. The third-order valence-corrected chi connectivity index (χ3v) is 5.83. The summed E-state index contributed by atoms with van der Waals surface area (Å²) in [5.74, 6) is 2.99. The Balaban J connectivity index is 1.31. The molecule has 1 saturated carbocycles. The Bertz CT molecular complexity index is 1390. The third-order valence-electron chi connectivity index (χ3n) is 5.83. The van der Waals surface area contributed by atoms with Gasteiger partial charge in [-0.1, -0.05) is 24.3 Å². The van der Waals surface area contributed by atoms with Gasteiger partial charge in [0.1, 0.15) is 29.9 Å². The number of aryl methyl sites for hydroxylation is 1. The van der Waals surface area contributed by atoms with Crippen LogP contribution in [0.15, 0.2) is 67.1 Å². The van der Waals surface area contributed by atoms with Gasteiger partial charge in [-0.25, -0.2) is 14.8 Å². The molecule has 0 bridgehead atoms. The van der Waals surface area contributed by atoms with Crippen LogP contribution in [0.25, 0.3) is 17.1 Å². The summed E-state index contributed by atoms with van der Waals surface area (Å²) < 4.78 is 13.0. The summed E-state index contributed by atoms with van der Waals surface area (Å²) in [6.45, 7) is 2.61. The van der Waals surface area contributed by atoms with Crippen LogP contribution in [-0.4, -0.2) is 27.2 Å². The molecule has 0 spiro atoms. The van der Waals surface area contributed by atoms with E-state index in [1.54, 1.807) is 0 Å². The second-order valence-corrected chi connectivity index (χ2v) is 8.61. The number of anilines is 2. The number of nitrogens with one attached hydrogen (secondary N) is 1. The molecule has 0 aliphatic heterocycles. The zero-order valence-corrected chi connectivity index (χ0v) is 19.5. The lowest BCUT2D eigenvalue weighted by atomic mass is 10.1. The molecule has 0 atom stereocenters. The monoisotopic (exact) mass is 469 g/mol. The van der Waals surface area contributed by atoms with Crippen LogP contribution in [-0.2, 0) is 11.3 Å². The zero-order valence-electron chi connectivity index (χ0n) is 19.5. The number of allylic oxidation sites excluding steroid dienone is 1. The van der Waals surface area contributed by atoms with Crippen molar-refractivity contribution in [1.29, 1.82) is 0 Å². The van der Waals surface area contributed by atoms with E-state index >= 15 is 0 Å². The molecule has 1 fully saturated rings. The molecule has 0 unspecified atom stereocenters. The Hall–Kier alpha value is -4.33. The molecule has 0 radical (unpaired) electrons. The van der Waals surface area contributed by atoms with Crippen LogP contribution in [0.3, 0.4) is 0 Å². The molecule has 0 saturated heterocycles. The highest BCUT2D eigenvalue weighted by Crippen LogP contribution is 2.32. The lowest BCUT2D eigenvalue weighted by molar-refractivity contribution is 0.153. The summed E-state index contributed by atoms with van der Waals surface area (Å²) in [5.41, 5.74) is 9.67. The van der Waals surface area contributed by atoms with E-state index in [4.69, 9.17) is 15.2 Å². The number of carbonyl (C=O) groups is 1. The summed E-state index contributed by atoms with van der Waals surface area (Å²) in [7, 11) is 0. The van der Waals surface area contributed by atoms with Crippen molar-refractivity contribution < 1.29 is 14.3 Å². The van der Waals surface area contributed by atoms with Crippen LogP contribution >= 0.6 is 0 Å². The normalized spacial score (nSPS) is 13.3. The van der Waals surface area contributed by atoms with E-state index in [2.05, 4.69) is 39.6 Å². The smallest absolute Gasteiger partial charge is 0.404 e. The van der Waals surface area contributed by atoms with E-state index < -0.39 is 6.09 Å². The van der Waals surface area contributed by atoms with Crippen molar-refractivity contribution in [3.05, 3.63) is 78.3 Å². The first kappa shape index (κ1) is 22.5. The van der Waals surface area contributed by atoms with Gasteiger partial charge in [0.2, 0.25) is 0 Å². The number of carbonyl (C=O) groups excluding carboxylic acids is 1. The van der Waals surface area contributed by atoms with E-state index in [1.807, 2.05) is 54.1 Å². The number of amides is 1. The first-order valence-electron chi connectivity index (χ1n) is 11.6. The quantitative estimate of drug-likeness (QED) is 0.321. The van der Waals surface area contributed by atoms with Gasteiger partial charge in [-0.3, -0.25) is 0 Å². The molecule has 2 heterocycles. The molecule has 35 heavy (non-hydrogen) atoms. The number of nitrogens with zero attached hydrogens (tertiary/aromatic N) is 3. The molecule has 178 valence electrons. The third kappa shape index (κ3) is 5.60. The average molecular weight is 470 g/mol. The van der Waals surface area contributed by atoms with Gasteiger partial charge in [-0.2, -0.15) is 0 Å². The van der Waals surface area contributed by atoms with Crippen molar-refractivity contribution in [2.45, 2.75) is 26.3 Å². The van der Waals surface area contributed by atoms with Gasteiger partial charge in [0, 0.05) is 11.9 Å². The average Bonchev–Trinajstić information content (AvgIpc) is 3.58. The van der Waals surface area contributed by atoms with Crippen LogP contribution in [0.5, 0.6) is 11.5 Å². The second-order valence-electron chi connectivity index (χ2n) is 8.61. The molecule has 5 rings (SSSR count). The van der Waals surface area contributed by atoms with Crippen molar-refractivity contribution >= 4 is 34.7 Å². The maximum atomic E-state index is 10.9. The van der Waals surface area contributed by atoms with Crippen LogP contribution in [0, 0.1) is 12.8 Å².